The molecule has 3 aromatic heterocycles. The second kappa shape index (κ2) is 7.67. The Balaban J connectivity index is 1.79. The molecule has 0 amide bonds. The maximum atomic E-state index is 13.7. The summed E-state index contributed by atoms with van der Waals surface area (Å²) >= 11 is 0. The van der Waals surface area contributed by atoms with Crippen molar-refractivity contribution in [3.8, 4) is 11.3 Å². The van der Waals surface area contributed by atoms with E-state index in [9.17, 15) is 17.7 Å². The highest BCUT2D eigenvalue weighted by Gasteiger charge is 2.36. The number of piperidine rings is 1. The Kier molecular flexibility index (Phi) is 5.32. The van der Waals surface area contributed by atoms with E-state index in [1.54, 1.807) is 25.5 Å². The fraction of sp³-hybridized carbons (Fsp3) is 0.421. The fourth-order valence-electron chi connectivity index (χ4n) is 3.51. The molecule has 0 radical (unpaired) electrons. The maximum Gasteiger partial charge on any atom is 0.419 e. The van der Waals surface area contributed by atoms with Gasteiger partial charge in [0.1, 0.15) is 23.8 Å². The summed E-state index contributed by atoms with van der Waals surface area (Å²) in [6.45, 7) is 4.81. The van der Waals surface area contributed by atoms with E-state index in [1.807, 2.05) is 0 Å². The maximum absolute atomic E-state index is 13.7. The van der Waals surface area contributed by atoms with Crippen LogP contribution in [0.15, 0.2) is 24.5 Å². The molecule has 0 bridgehead atoms. The zero-order chi connectivity index (χ0) is 21.5. The number of halogens is 3. The van der Waals surface area contributed by atoms with Crippen LogP contribution in [0.25, 0.3) is 22.3 Å². The van der Waals surface area contributed by atoms with Crippen molar-refractivity contribution in [1.29, 1.82) is 0 Å². The third kappa shape index (κ3) is 4.20. The molecular weight excluding hydrogens is 416 g/mol. The number of H-pyrrole nitrogens is 1. The van der Waals surface area contributed by atoms with Gasteiger partial charge in [-0.25, -0.2) is 15.0 Å². The minimum atomic E-state index is -4.61. The average Bonchev–Trinajstić information content (AvgIpc) is 3.10. The van der Waals surface area contributed by atoms with Gasteiger partial charge in [0.05, 0.1) is 5.69 Å². The SMILES string of the molecule is CP(C)(=O)c1ccc2c(-c3nc(N[C@H]4CCCNC4)ncc3C(F)(F)F)c[nH]c2n1. The number of nitrogens with one attached hydrogen (secondary N) is 3. The van der Waals surface area contributed by atoms with E-state index in [-0.39, 0.29) is 23.2 Å². The number of rotatable bonds is 4. The van der Waals surface area contributed by atoms with Gasteiger partial charge in [-0.05, 0) is 44.8 Å². The fourth-order valence-corrected chi connectivity index (χ4v) is 4.29. The Bertz CT molecular complexity index is 1120. The summed E-state index contributed by atoms with van der Waals surface area (Å²) in [5, 5.41) is 6.84. The first-order valence-corrected chi connectivity index (χ1v) is 12.2. The standard InChI is InChI=1S/C19H22F3N6OP/c1-30(2,29)15-6-5-12-13(9-24-17(12)27-15)16-14(19(20,21)22)10-25-18(28-16)26-11-4-3-7-23-8-11/h5-6,9-11,23H,3-4,7-8H2,1-2H3,(H,24,27)(H,25,26,28)/t11-/m0/s1. The van der Waals surface area contributed by atoms with Crippen LogP contribution in [-0.2, 0) is 10.7 Å². The van der Waals surface area contributed by atoms with Crippen LogP contribution in [0, 0.1) is 0 Å². The number of hydrogen-bond acceptors (Lipinski definition) is 6. The molecule has 1 aliphatic rings. The molecular formula is C19H22F3N6OP. The topological polar surface area (TPSA) is 95.6 Å². The minimum absolute atomic E-state index is 0.0544. The predicted octanol–water partition coefficient (Wildman–Crippen LogP) is 3.45. The van der Waals surface area contributed by atoms with E-state index >= 15 is 0 Å². The van der Waals surface area contributed by atoms with Crippen LogP contribution in [0.2, 0.25) is 0 Å². The highest BCUT2D eigenvalue weighted by Crippen LogP contribution is 2.39. The molecule has 7 nitrogen and oxygen atoms in total. The Labute approximate surface area is 171 Å². The molecule has 1 atom stereocenters. The quantitative estimate of drug-likeness (QED) is 0.540. The zero-order valence-electron chi connectivity index (χ0n) is 16.5. The molecule has 30 heavy (non-hydrogen) atoms. The van der Waals surface area contributed by atoms with Crippen molar-refractivity contribution in [2.45, 2.75) is 25.1 Å². The number of anilines is 1. The molecule has 1 fully saturated rings. The summed E-state index contributed by atoms with van der Waals surface area (Å²) in [6, 6.07) is 3.27. The van der Waals surface area contributed by atoms with E-state index in [4.69, 9.17) is 0 Å². The van der Waals surface area contributed by atoms with E-state index in [0.29, 0.717) is 23.0 Å². The van der Waals surface area contributed by atoms with Gasteiger partial charge in [-0.2, -0.15) is 13.2 Å². The van der Waals surface area contributed by atoms with Gasteiger partial charge in [0, 0.05) is 35.9 Å². The van der Waals surface area contributed by atoms with Gasteiger partial charge >= 0.3 is 6.18 Å². The molecule has 3 N–H and O–H groups in total. The number of hydrogen-bond donors (Lipinski definition) is 3. The van der Waals surface area contributed by atoms with Gasteiger partial charge in [-0.15, -0.1) is 0 Å². The van der Waals surface area contributed by atoms with Crippen molar-refractivity contribution in [1.82, 2.24) is 25.3 Å². The van der Waals surface area contributed by atoms with Gasteiger partial charge in [0.2, 0.25) is 5.95 Å². The number of alkyl halides is 3. The number of aromatic amines is 1. The number of fused-ring (bicyclic) bond motifs is 1. The second-order valence-corrected chi connectivity index (χ2v) is 10.9. The zero-order valence-corrected chi connectivity index (χ0v) is 17.4. The van der Waals surface area contributed by atoms with Crippen molar-refractivity contribution in [3.63, 3.8) is 0 Å². The number of aromatic nitrogens is 4. The van der Waals surface area contributed by atoms with E-state index in [2.05, 4.69) is 30.6 Å². The van der Waals surface area contributed by atoms with Crippen molar-refractivity contribution in [2.24, 2.45) is 0 Å². The largest absolute Gasteiger partial charge is 0.419 e. The lowest BCUT2D eigenvalue weighted by Gasteiger charge is -2.24. The first-order chi connectivity index (χ1) is 14.1. The Morgan fingerprint density at radius 1 is 1.23 bits per heavy atom. The van der Waals surface area contributed by atoms with Crippen LogP contribution in [0.1, 0.15) is 18.4 Å². The molecule has 1 saturated heterocycles. The molecule has 0 saturated carbocycles. The smallest absolute Gasteiger partial charge is 0.350 e. The first kappa shape index (κ1) is 20.8. The van der Waals surface area contributed by atoms with Crippen LogP contribution >= 0.6 is 7.14 Å². The van der Waals surface area contributed by atoms with Gasteiger partial charge in [-0.3, -0.25) is 0 Å². The number of pyridine rings is 1. The van der Waals surface area contributed by atoms with Gasteiger partial charge in [-0.1, -0.05) is 0 Å². The lowest BCUT2D eigenvalue weighted by atomic mass is 10.1. The van der Waals surface area contributed by atoms with E-state index in [1.165, 1.54) is 6.20 Å². The predicted molar refractivity (Wildman–Crippen MR) is 111 cm³/mol. The van der Waals surface area contributed by atoms with Crippen LogP contribution in [0.5, 0.6) is 0 Å². The van der Waals surface area contributed by atoms with Gasteiger partial charge in [0.15, 0.2) is 0 Å². The highest BCUT2D eigenvalue weighted by atomic mass is 31.2. The Morgan fingerprint density at radius 3 is 2.70 bits per heavy atom. The van der Waals surface area contributed by atoms with E-state index in [0.717, 1.165) is 25.6 Å². The van der Waals surface area contributed by atoms with Crippen molar-refractivity contribution < 1.29 is 17.7 Å². The first-order valence-electron chi connectivity index (χ1n) is 9.58. The molecule has 0 aliphatic carbocycles. The van der Waals surface area contributed by atoms with E-state index < -0.39 is 18.9 Å². The molecule has 11 heteroatoms. The molecule has 0 spiro atoms. The number of nitrogens with zero attached hydrogens (tertiary/aromatic N) is 3. The Hall–Kier alpha value is -2.45. The van der Waals surface area contributed by atoms with Crippen LogP contribution in [0.3, 0.4) is 0 Å². The lowest BCUT2D eigenvalue weighted by molar-refractivity contribution is -0.137. The third-order valence-corrected chi connectivity index (χ3v) is 6.41. The molecule has 1 aliphatic heterocycles. The summed E-state index contributed by atoms with van der Waals surface area (Å²) in [5.41, 5.74) is -0.0960. The van der Waals surface area contributed by atoms with Crippen LogP contribution < -0.4 is 16.1 Å². The summed E-state index contributed by atoms with van der Waals surface area (Å²) in [6.07, 6.45) is -0.490. The Morgan fingerprint density at radius 2 is 2.03 bits per heavy atom. The van der Waals surface area contributed by atoms with Gasteiger partial charge < -0.3 is 20.2 Å². The van der Waals surface area contributed by atoms with Gasteiger partial charge in [0.25, 0.3) is 0 Å². The highest BCUT2D eigenvalue weighted by molar-refractivity contribution is 7.69. The van der Waals surface area contributed by atoms with Crippen molar-refractivity contribution >= 4 is 29.6 Å². The average molecular weight is 438 g/mol. The van der Waals surface area contributed by atoms with Crippen molar-refractivity contribution in [3.05, 3.63) is 30.1 Å². The summed E-state index contributed by atoms with van der Waals surface area (Å²) in [4.78, 5) is 15.3. The van der Waals surface area contributed by atoms with Crippen LogP contribution in [0.4, 0.5) is 19.1 Å². The lowest BCUT2D eigenvalue weighted by Crippen LogP contribution is -2.38. The molecule has 0 unspecified atom stereocenters. The summed E-state index contributed by atoms with van der Waals surface area (Å²) in [7, 11) is -2.60. The monoisotopic (exact) mass is 438 g/mol. The molecule has 4 heterocycles. The molecule has 3 aromatic rings. The molecule has 160 valence electrons. The third-order valence-electron chi connectivity index (χ3n) is 5.06. The summed E-state index contributed by atoms with van der Waals surface area (Å²) < 4.78 is 53.3. The molecule has 4 rings (SSSR count). The molecule has 0 aromatic carbocycles. The summed E-state index contributed by atoms with van der Waals surface area (Å²) in [5.74, 6) is 0.150. The minimum Gasteiger partial charge on any atom is -0.350 e. The second-order valence-electron chi connectivity index (χ2n) is 7.76. The van der Waals surface area contributed by atoms with Crippen LogP contribution in [-0.4, -0.2) is 52.4 Å². The normalized spacial score (nSPS) is 18.0. The van der Waals surface area contributed by atoms with Crippen molar-refractivity contribution in [2.75, 3.05) is 31.7 Å².